The van der Waals surface area contributed by atoms with Crippen LogP contribution in [-0.2, 0) is 16.1 Å². The Hall–Kier alpha value is -4.00. The number of carboxylic acids is 1. The van der Waals surface area contributed by atoms with Crippen LogP contribution in [0.2, 0.25) is 0 Å². The van der Waals surface area contributed by atoms with Crippen molar-refractivity contribution in [2.45, 2.75) is 26.6 Å². The SMILES string of the molecule is CCOC(=O)c1ccc(-c2ccc3ncnc(NCc4csc(C)n4)c3c2)o1.O=C(O)C(F)(F)F. The number of nitrogens with one attached hydrogen (secondary N) is 1. The number of aryl methyl sites for hydroxylation is 1. The Bertz CT molecular complexity index is 1340. The van der Waals surface area contributed by atoms with Crippen LogP contribution < -0.4 is 5.32 Å². The van der Waals surface area contributed by atoms with Gasteiger partial charge < -0.3 is 19.6 Å². The van der Waals surface area contributed by atoms with Crippen LogP contribution in [0.5, 0.6) is 0 Å². The predicted octanol–water partition coefficient (Wildman–Crippen LogP) is 5.08. The molecule has 3 aromatic heterocycles. The summed E-state index contributed by atoms with van der Waals surface area (Å²) in [6.45, 7) is 4.62. The van der Waals surface area contributed by atoms with Crippen LogP contribution in [0.25, 0.3) is 22.2 Å². The molecule has 9 nitrogen and oxygen atoms in total. The number of hydrogen-bond donors (Lipinski definition) is 2. The Morgan fingerprint density at radius 2 is 1.94 bits per heavy atom. The molecule has 0 aliphatic heterocycles. The lowest BCUT2D eigenvalue weighted by atomic mass is 10.1. The van der Waals surface area contributed by atoms with E-state index in [1.54, 1.807) is 30.4 Å². The number of carbonyl (C=O) groups is 2. The van der Waals surface area contributed by atoms with E-state index >= 15 is 0 Å². The van der Waals surface area contributed by atoms with E-state index in [2.05, 4.69) is 20.3 Å². The summed E-state index contributed by atoms with van der Waals surface area (Å²) in [4.78, 5) is 33.9. The van der Waals surface area contributed by atoms with Gasteiger partial charge in [0, 0.05) is 16.3 Å². The standard InChI is InChI=1S/C20H18N4O3S.C2HF3O2/c1-3-26-20(25)18-7-6-17(27-18)13-4-5-16-15(8-13)19(23-11-22-16)21-9-14-10-28-12(2)24-14;3-2(4,5)1(6)7/h4-8,10-11H,3,9H2,1-2H3,(H,21,22,23);(H,6,7). The number of ether oxygens (including phenoxy) is 1. The zero-order chi connectivity index (χ0) is 25.6. The number of fused-ring (bicyclic) bond motifs is 1. The Morgan fingerprint density at radius 1 is 1.20 bits per heavy atom. The summed E-state index contributed by atoms with van der Waals surface area (Å²) < 4.78 is 42.4. The second kappa shape index (κ2) is 11.0. The van der Waals surface area contributed by atoms with Crippen molar-refractivity contribution in [2.24, 2.45) is 0 Å². The summed E-state index contributed by atoms with van der Waals surface area (Å²) in [5, 5.41) is 14.4. The van der Waals surface area contributed by atoms with Gasteiger partial charge in [-0.1, -0.05) is 0 Å². The molecule has 0 aliphatic carbocycles. The van der Waals surface area contributed by atoms with Crippen molar-refractivity contribution < 1.29 is 37.0 Å². The number of carbonyl (C=O) groups excluding carboxylic acids is 1. The normalized spacial score (nSPS) is 11.0. The van der Waals surface area contributed by atoms with Gasteiger partial charge in [-0.3, -0.25) is 0 Å². The van der Waals surface area contributed by atoms with Gasteiger partial charge in [-0.2, -0.15) is 13.2 Å². The highest BCUT2D eigenvalue weighted by Gasteiger charge is 2.38. The van der Waals surface area contributed by atoms with E-state index in [9.17, 15) is 18.0 Å². The number of rotatable bonds is 6. The molecule has 0 saturated heterocycles. The predicted molar refractivity (Wildman–Crippen MR) is 121 cm³/mol. The maximum absolute atomic E-state index is 11.8. The summed E-state index contributed by atoms with van der Waals surface area (Å²) in [6.07, 6.45) is -3.55. The number of esters is 1. The first-order valence-corrected chi connectivity index (χ1v) is 10.9. The maximum atomic E-state index is 11.8. The molecule has 1 aromatic carbocycles. The van der Waals surface area contributed by atoms with E-state index in [1.807, 2.05) is 30.5 Å². The molecule has 3 heterocycles. The number of aromatic nitrogens is 3. The van der Waals surface area contributed by atoms with Crippen LogP contribution >= 0.6 is 11.3 Å². The van der Waals surface area contributed by atoms with Gasteiger partial charge in [-0.05, 0) is 44.2 Å². The quantitative estimate of drug-likeness (QED) is 0.343. The van der Waals surface area contributed by atoms with Crippen molar-refractivity contribution in [1.29, 1.82) is 0 Å². The Kier molecular flexibility index (Phi) is 8.02. The number of aliphatic carboxylic acids is 1. The lowest BCUT2D eigenvalue weighted by molar-refractivity contribution is -0.192. The summed E-state index contributed by atoms with van der Waals surface area (Å²) in [5.41, 5.74) is 2.61. The lowest BCUT2D eigenvalue weighted by Crippen LogP contribution is -2.21. The number of alkyl halides is 3. The molecular weight excluding hydrogens is 489 g/mol. The van der Waals surface area contributed by atoms with Gasteiger partial charge in [0.05, 0.1) is 29.4 Å². The molecule has 0 amide bonds. The smallest absolute Gasteiger partial charge is 0.475 e. The monoisotopic (exact) mass is 508 g/mol. The number of hydrogen-bond acceptors (Lipinski definition) is 9. The molecule has 0 unspecified atom stereocenters. The molecule has 4 aromatic rings. The maximum Gasteiger partial charge on any atom is 0.490 e. The molecular formula is C22H19F3N4O5S. The van der Waals surface area contributed by atoms with Crippen LogP contribution in [0.15, 0.2) is 46.5 Å². The first-order chi connectivity index (χ1) is 16.6. The van der Waals surface area contributed by atoms with Crippen LogP contribution in [0.1, 0.15) is 28.2 Å². The van der Waals surface area contributed by atoms with Gasteiger partial charge >= 0.3 is 18.1 Å². The molecule has 0 bridgehead atoms. The summed E-state index contributed by atoms with van der Waals surface area (Å²) in [5.74, 6) is -1.76. The van der Waals surface area contributed by atoms with Crippen LogP contribution in [0.4, 0.5) is 19.0 Å². The van der Waals surface area contributed by atoms with Crippen molar-refractivity contribution >= 4 is 40.0 Å². The highest BCUT2D eigenvalue weighted by molar-refractivity contribution is 7.09. The van der Waals surface area contributed by atoms with Crippen molar-refractivity contribution in [3.8, 4) is 11.3 Å². The molecule has 0 aliphatic rings. The first-order valence-electron chi connectivity index (χ1n) is 10.1. The van der Waals surface area contributed by atoms with E-state index in [0.717, 1.165) is 33.0 Å². The lowest BCUT2D eigenvalue weighted by Gasteiger charge is -2.08. The van der Waals surface area contributed by atoms with Crippen molar-refractivity contribution in [2.75, 3.05) is 11.9 Å². The summed E-state index contributed by atoms with van der Waals surface area (Å²) in [7, 11) is 0. The zero-order valence-corrected chi connectivity index (χ0v) is 19.2. The molecule has 0 radical (unpaired) electrons. The van der Waals surface area contributed by atoms with Crippen LogP contribution in [0, 0.1) is 6.92 Å². The molecule has 0 fully saturated rings. The minimum atomic E-state index is -5.08. The number of halogens is 3. The highest BCUT2D eigenvalue weighted by atomic mass is 32.1. The molecule has 0 saturated carbocycles. The second-order valence-corrected chi connectivity index (χ2v) is 7.92. The van der Waals surface area contributed by atoms with Gasteiger partial charge in [0.2, 0.25) is 5.76 Å². The number of anilines is 1. The number of carboxylic acid groups (broad SMARTS) is 1. The average molecular weight is 508 g/mol. The minimum Gasteiger partial charge on any atom is -0.475 e. The topological polar surface area (TPSA) is 127 Å². The van der Waals surface area contributed by atoms with E-state index in [4.69, 9.17) is 19.1 Å². The zero-order valence-electron chi connectivity index (χ0n) is 18.4. The Balaban J connectivity index is 0.000000429. The third kappa shape index (κ3) is 6.76. The summed E-state index contributed by atoms with van der Waals surface area (Å²) >= 11 is 1.62. The average Bonchev–Trinajstić information content (AvgIpc) is 3.47. The number of furan rings is 1. The molecule has 35 heavy (non-hydrogen) atoms. The van der Waals surface area contributed by atoms with Gasteiger partial charge in [-0.15, -0.1) is 11.3 Å². The molecule has 0 spiro atoms. The minimum absolute atomic E-state index is 0.179. The van der Waals surface area contributed by atoms with Crippen LogP contribution in [0.3, 0.4) is 0 Å². The third-order valence-electron chi connectivity index (χ3n) is 4.35. The van der Waals surface area contributed by atoms with Crippen molar-refractivity contribution in [3.05, 3.63) is 58.5 Å². The number of thiazole rings is 1. The van der Waals surface area contributed by atoms with E-state index in [1.165, 1.54) is 6.33 Å². The van der Waals surface area contributed by atoms with E-state index in [-0.39, 0.29) is 5.76 Å². The molecule has 184 valence electrons. The molecule has 4 rings (SSSR count). The van der Waals surface area contributed by atoms with Crippen LogP contribution in [-0.4, -0.2) is 44.8 Å². The van der Waals surface area contributed by atoms with Gasteiger partial charge in [-0.25, -0.2) is 24.5 Å². The third-order valence-corrected chi connectivity index (χ3v) is 5.17. The van der Waals surface area contributed by atoms with E-state index in [0.29, 0.717) is 18.9 Å². The van der Waals surface area contributed by atoms with Crippen molar-refractivity contribution in [1.82, 2.24) is 15.0 Å². The van der Waals surface area contributed by atoms with Crippen molar-refractivity contribution in [3.63, 3.8) is 0 Å². The molecule has 2 N–H and O–H groups in total. The van der Waals surface area contributed by atoms with E-state index < -0.39 is 18.1 Å². The molecule has 0 atom stereocenters. The largest absolute Gasteiger partial charge is 0.490 e. The Labute approximate surface area is 200 Å². The molecule has 13 heteroatoms. The van der Waals surface area contributed by atoms with Gasteiger partial charge in [0.25, 0.3) is 0 Å². The fraction of sp³-hybridized carbons (Fsp3) is 0.227. The fourth-order valence-electron chi connectivity index (χ4n) is 2.82. The van der Waals surface area contributed by atoms with Gasteiger partial charge in [0.1, 0.15) is 17.9 Å². The second-order valence-electron chi connectivity index (χ2n) is 6.85. The Morgan fingerprint density at radius 3 is 2.57 bits per heavy atom. The number of nitrogens with zero attached hydrogens (tertiary/aromatic N) is 3. The fourth-order valence-corrected chi connectivity index (χ4v) is 3.43. The number of benzene rings is 1. The summed E-state index contributed by atoms with van der Waals surface area (Å²) in [6, 6.07) is 9.11. The highest BCUT2D eigenvalue weighted by Crippen LogP contribution is 2.28. The first kappa shape index (κ1) is 25.6. The van der Waals surface area contributed by atoms with Gasteiger partial charge in [0.15, 0.2) is 0 Å².